The number of carbonyl (C=O) groups excluding carboxylic acids is 1. The van der Waals surface area contributed by atoms with Gasteiger partial charge in [-0.3, -0.25) is 4.79 Å². The van der Waals surface area contributed by atoms with Crippen LogP contribution in [-0.4, -0.2) is 32.7 Å². The molecule has 0 radical (unpaired) electrons. The first-order valence-electron chi connectivity index (χ1n) is 4.16. The van der Waals surface area contributed by atoms with Gasteiger partial charge in [-0.1, -0.05) is 0 Å². The van der Waals surface area contributed by atoms with E-state index in [1.807, 2.05) is 0 Å². The lowest BCUT2D eigenvalue weighted by molar-refractivity contribution is 0.111. The van der Waals surface area contributed by atoms with Crippen molar-refractivity contribution in [3.05, 3.63) is 11.6 Å². The molecule has 82 valence electrons. The normalized spacial score (nSPS) is 9.53. The lowest BCUT2D eigenvalue weighted by Gasteiger charge is -2.13. The summed E-state index contributed by atoms with van der Waals surface area (Å²) in [4.78, 5) is 10.7. The molecule has 0 bridgehead atoms. The summed E-state index contributed by atoms with van der Waals surface area (Å²) < 4.78 is 14.8. The van der Waals surface area contributed by atoms with E-state index in [0.717, 1.165) is 0 Å². The van der Waals surface area contributed by atoms with Gasteiger partial charge in [0, 0.05) is 0 Å². The van der Waals surface area contributed by atoms with E-state index < -0.39 is 0 Å². The van der Waals surface area contributed by atoms with Gasteiger partial charge < -0.3 is 19.3 Å². The van der Waals surface area contributed by atoms with Crippen molar-refractivity contribution >= 4 is 6.29 Å². The standard InChI is InChI=1S/C10H12O5/c1-13-7-4-6(5-11)9(14-2)8(12)10(7)15-3/h4-5,12H,1-3H3. The molecule has 1 N–H and O–H groups in total. The second kappa shape index (κ2) is 4.54. The zero-order valence-corrected chi connectivity index (χ0v) is 8.73. The molecule has 0 atom stereocenters. The molecule has 0 aliphatic rings. The van der Waals surface area contributed by atoms with Crippen LogP contribution in [-0.2, 0) is 0 Å². The minimum atomic E-state index is -0.249. The second-order valence-corrected chi connectivity index (χ2v) is 2.70. The topological polar surface area (TPSA) is 65.0 Å². The second-order valence-electron chi connectivity index (χ2n) is 2.70. The summed E-state index contributed by atoms with van der Waals surface area (Å²) in [5.41, 5.74) is 0.202. The minimum absolute atomic E-state index is 0.0719. The fourth-order valence-corrected chi connectivity index (χ4v) is 1.28. The van der Waals surface area contributed by atoms with Crippen molar-refractivity contribution in [1.29, 1.82) is 0 Å². The van der Waals surface area contributed by atoms with E-state index in [9.17, 15) is 9.90 Å². The van der Waals surface area contributed by atoms with E-state index in [-0.39, 0.29) is 28.6 Å². The Labute approximate surface area is 87.2 Å². The van der Waals surface area contributed by atoms with Crippen molar-refractivity contribution in [1.82, 2.24) is 0 Å². The maximum Gasteiger partial charge on any atom is 0.207 e. The summed E-state index contributed by atoms with van der Waals surface area (Å²) in [6.07, 6.45) is 0.570. The van der Waals surface area contributed by atoms with Crippen molar-refractivity contribution in [2.75, 3.05) is 21.3 Å². The van der Waals surface area contributed by atoms with Gasteiger partial charge in [0.2, 0.25) is 11.5 Å². The Morgan fingerprint density at radius 2 is 1.73 bits per heavy atom. The molecule has 5 nitrogen and oxygen atoms in total. The van der Waals surface area contributed by atoms with Crippen molar-refractivity contribution in [3.63, 3.8) is 0 Å². The van der Waals surface area contributed by atoms with Gasteiger partial charge >= 0.3 is 0 Å². The van der Waals surface area contributed by atoms with E-state index in [1.54, 1.807) is 0 Å². The van der Waals surface area contributed by atoms with Gasteiger partial charge in [-0.15, -0.1) is 0 Å². The van der Waals surface area contributed by atoms with Crippen LogP contribution in [0, 0.1) is 0 Å². The summed E-state index contributed by atoms with van der Waals surface area (Å²) in [7, 11) is 4.16. The zero-order valence-electron chi connectivity index (χ0n) is 8.73. The Balaban J connectivity index is 3.48. The molecule has 1 aromatic carbocycles. The number of rotatable bonds is 4. The van der Waals surface area contributed by atoms with Gasteiger partial charge in [0.15, 0.2) is 17.8 Å². The first-order chi connectivity index (χ1) is 7.19. The van der Waals surface area contributed by atoms with Gasteiger partial charge in [0.25, 0.3) is 0 Å². The number of hydrogen-bond donors (Lipinski definition) is 1. The molecule has 5 heteroatoms. The summed E-state index contributed by atoms with van der Waals surface area (Å²) in [6.45, 7) is 0. The highest BCUT2D eigenvalue weighted by molar-refractivity contribution is 5.84. The van der Waals surface area contributed by atoms with E-state index in [0.29, 0.717) is 6.29 Å². The SMILES string of the molecule is COc1cc(C=O)c(OC)c(O)c1OC. The van der Waals surface area contributed by atoms with Gasteiger partial charge in [-0.25, -0.2) is 0 Å². The van der Waals surface area contributed by atoms with E-state index in [4.69, 9.17) is 14.2 Å². The van der Waals surface area contributed by atoms with Crippen LogP contribution in [0.5, 0.6) is 23.0 Å². The van der Waals surface area contributed by atoms with Gasteiger partial charge in [-0.05, 0) is 6.07 Å². The summed E-state index contributed by atoms with van der Waals surface area (Å²) in [5, 5.41) is 9.72. The number of phenolic OH excluding ortho intramolecular Hbond substituents is 1. The Morgan fingerprint density at radius 1 is 1.13 bits per heavy atom. The number of benzene rings is 1. The number of aromatic hydroxyl groups is 1. The largest absolute Gasteiger partial charge is 0.502 e. The van der Waals surface area contributed by atoms with Crippen molar-refractivity contribution in [2.45, 2.75) is 0 Å². The van der Waals surface area contributed by atoms with Crippen molar-refractivity contribution in [3.8, 4) is 23.0 Å². The molecule has 1 rings (SSSR count). The molecular weight excluding hydrogens is 200 g/mol. The average Bonchev–Trinajstić information content (AvgIpc) is 2.27. The smallest absolute Gasteiger partial charge is 0.207 e. The van der Waals surface area contributed by atoms with Crippen LogP contribution in [0.15, 0.2) is 6.07 Å². The Bertz CT molecular complexity index is 373. The van der Waals surface area contributed by atoms with Crippen LogP contribution in [0.1, 0.15) is 10.4 Å². The maximum atomic E-state index is 10.7. The van der Waals surface area contributed by atoms with E-state index >= 15 is 0 Å². The highest BCUT2D eigenvalue weighted by Gasteiger charge is 2.19. The van der Waals surface area contributed by atoms with Crippen LogP contribution in [0.3, 0.4) is 0 Å². The van der Waals surface area contributed by atoms with Crippen LogP contribution in [0.2, 0.25) is 0 Å². The molecule has 0 aliphatic carbocycles. The fourth-order valence-electron chi connectivity index (χ4n) is 1.28. The van der Waals surface area contributed by atoms with Crippen LogP contribution in [0.25, 0.3) is 0 Å². The maximum absolute atomic E-state index is 10.7. The highest BCUT2D eigenvalue weighted by Crippen LogP contribution is 2.45. The average molecular weight is 212 g/mol. The van der Waals surface area contributed by atoms with Crippen LogP contribution in [0.4, 0.5) is 0 Å². The summed E-state index contributed by atoms with van der Waals surface area (Å²) in [5.74, 6) is 0.238. The van der Waals surface area contributed by atoms with Crippen molar-refractivity contribution in [2.24, 2.45) is 0 Å². The number of ether oxygens (including phenoxy) is 3. The number of phenols is 1. The third-order valence-electron chi connectivity index (χ3n) is 1.96. The number of methoxy groups -OCH3 is 3. The molecule has 0 amide bonds. The van der Waals surface area contributed by atoms with Gasteiger partial charge in [-0.2, -0.15) is 0 Å². The molecule has 0 fully saturated rings. The summed E-state index contributed by atoms with van der Waals surface area (Å²) >= 11 is 0. The van der Waals surface area contributed by atoms with Gasteiger partial charge in [0.05, 0.1) is 26.9 Å². The van der Waals surface area contributed by atoms with Gasteiger partial charge in [0.1, 0.15) is 0 Å². The number of hydrogen-bond acceptors (Lipinski definition) is 5. The Hall–Kier alpha value is -1.91. The molecular formula is C10H12O5. The van der Waals surface area contributed by atoms with E-state index in [1.165, 1.54) is 27.4 Å². The molecule has 0 saturated heterocycles. The third-order valence-corrected chi connectivity index (χ3v) is 1.96. The highest BCUT2D eigenvalue weighted by atomic mass is 16.5. The molecule has 0 heterocycles. The summed E-state index contributed by atoms with van der Waals surface area (Å²) in [6, 6.07) is 1.43. The molecule has 0 saturated carbocycles. The molecule has 0 aliphatic heterocycles. The molecule has 0 aromatic heterocycles. The predicted octanol–water partition coefficient (Wildman–Crippen LogP) is 1.23. The Kier molecular flexibility index (Phi) is 3.38. The molecule has 1 aromatic rings. The predicted molar refractivity (Wildman–Crippen MR) is 53.2 cm³/mol. The van der Waals surface area contributed by atoms with Crippen LogP contribution >= 0.6 is 0 Å². The Morgan fingerprint density at radius 3 is 2.13 bits per heavy atom. The zero-order chi connectivity index (χ0) is 11.4. The fraction of sp³-hybridized carbons (Fsp3) is 0.300. The first-order valence-corrected chi connectivity index (χ1v) is 4.16. The number of carbonyl (C=O) groups is 1. The number of aldehydes is 1. The lowest BCUT2D eigenvalue weighted by Crippen LogP contribution is -1.97. The minimum Gasteiger partial charge on any atom is -0.502 e. The quantitative estimate of drug-likeness (QED) is 0.760. The lowest BCUT2D eigenvalue weighted by atomic mass is 10.1. The first kappa shape index (κ1) is 11.2. The van der Waals surface area contributed by atoms with Crippen molar-refractivity contribution < 1.29 is 24.1 Å². The molecule has 0 spiro atoms. The molecule has 15 heavy (non-hydrogen) atoms. The van der Waals surface area contributed by atoms with Crippen LogP contribution < -0.4 is 14.2 Å². The molecule has 0 unspecified atom stereocenters. The third kappa shape index (κ3) is 1.81. The monoisotopic (exact) mass is 212 g/mol. The van der Waals surface area contributed by atoms with E-state index in [2.05, 4.69) is 0 Å².